The molecule has 18 heavy (non-hydrogen) atoms. The molecule has 1 amide bonds. The van der Waals surface area contributed by atoms with Crippen molar-refractivity contribution in [2.45, 2.75) is 37.0 Å². The van der Waals surface area contributed by atoms with Crippen molar-refractivity contribution < 1.29 is 9.90 Å². The maximum atomic E-state index is 11.9. The quantitative estimate of drug-likeness (QED) is 0.636. The summed E-state index contributed by atoms with van der Waals surface area (Å²) in [4.78, 5) is 16.4. The summed E-state index contributed by atoms with van der Waals surface area (Å²) < 4.78 is 0. The maximum absolute atomic E-state index is 11.9. The van der Waals surface area contributed by atoms with Gasteiger partial charge in [-0.15, -0.1) is 12.6 Å². The lowest BCUT2D eigenvalue weighted by molar-refractivity contribution is -0.122. The first-order valence-corrected chi connectivity index (χ1v) is 6.71. The first kappa shape index (κ1) is 13.1. The first-order valence-electron chi connectivity index (χ1n) is 6.27. The standard InChI is InChI=1S/C14H17NO2S/c16-12-7-6-10(8-13(12)18)9-15-14(17)11-4-2-1-3-5-11/h6-9,11,16,18H,1-5H2. The summed E-state index contributed by atoms with van der Waals surface area (Å²) in [5, 5.41) is 9.34. The largest absolute Gasteiger partial charge is 0.507 e. The summed E-state index contributed by atoms with van der Waals surface area (Å²) in [6, 6.07) is 4.96. The van der Waals surface area contributed by atoms with Crippen LogP contribution in [0.2, 0.25) is 0 Å². The molecule has 1 aromatic carbocycles. The second-order valence-corrected chi connectivity index (χ2v) is 5.16. The van der Waals surface area contributed by atoms with Crippen LogP contribution in [0.25, 0.3) is 0 Å². The first-order chi connectivity index (χ1) is 8.66. The number of carbonyl (C=O) groups excluding carboxylic acids is 1. The minimum absolute atomic E-state index is 0.0245. The molecule has 2 rings (SSSR count). The number of carbonyl (C=O) groups is 1. The van der Waals surface area contributed by atoms with Crippen LogP contribution in [0.15, 0.2) is 28.1 Å². The third kappa shape index (κ3) is 3.35. The zero-order valence-corrected chi connectivity index (χ0v) is 11.1. The van der Waals surface area contributed by atoms with Gasteiger partial charge in [0, 0.05) is 17.0 Å². The van der Waals surface area contributed by atoms with Crippen molar-refractivity contribution in [1.82, 2.24) is 0 Å². The third-order valence-corrected chi connectivity index (χ3v) is 3.65. The monoisotopic (exact) mass is 263 g/mol. The van der Waals surface area contributed by atoms with Crippen LogP contribution in [0, 0.1) is 5.92 Å². The van der Waals surface area contributed by atoms with Gasteiger partial charge in [0.15, 0.2) is 0 Å². The molecule has 0 bridgehead atoms. The minimum Gasteiger partial charge on any atom is -0.507 e. The number of amides is 1. The van der Waals surface area contributed by atoms with E-state index in [4.69, 9.17) is 0 Å². The van der Waals surface area contributed by atoms with Crippen LogP contribution in [-0.2, 0) is 4.79 Å². The van der Waals surface area contributed by atoms with Gasteiger partial charge < -0.3 is 5.11 Å². The van der Waals surface area contributed by atoms with Crippen LogP contribution in [0.4, 0.5) is 0 Å². The van der Waals surface area contributed by atoms with Crippen molar-refractivity contribution >= 4 is 24.8 Å². The molecule has 0 saturated heterocycles. The van der Waals surface area contributed by atoms with E-state index in [-0.39, 0.29) is 17.6 Å². The van der Waals surface area contributed by atoms with Gasteiger partial charge in [0.2, 0.25) is 5.91 Å². The van der Waals surface area contributed by atoms with Crippen molar-refractivity contribution in [3.05, 3.63) is 23.8 Å². The molecule has 1 aliphatic rings. The number of phenolic OH excluding ortho intramolecular Hbond substituents is 1. The SMILES string of the molecule is O=C(N=Cc1ccc(O)c(S)c1)C1CCCCC1. The Bertz CT molecular complexity index is 465. The molecule has 3 nitrogen and oxygen atoms in total. The van der Waals surface area contributed by atoms with Crippen LogP contribution >= 0.6 is 12.6 Å². The summed E-state index contributed by atoms with van der Waals surface area (Å²) in [5.74, 6) is 0.208. The highest BCUT2D eigenvalue weighted by Crippen LogP contribution is 2.25. The molecule has 1 saturated carbocycles. The molecule has 96 valence electrons. The van der Waals surface area contributed by atoms with Gasteiger partial charge in [-0.1, -0.05) is 19.3 Å². The van der Waals surface area contributed by atoms with E-state index < -0.39 is 0 Å². The molecule has 0 aliphatic heterocycles. The van der Waals surface area contributed by atoms with Crippen molar-refractivity contribution in [3.8, 4) is 5.75 Å². The lowest BCUT2D eigenvalue weighted by Crippen LogP contribution is -2.15. The minimum atomic E-state index is -0.0245. The molecule has 1 fully saturated rings. The van der Waals surface area contributed by atoms with Gasteiger partial charge in [-0.3, -0.25) is 4.79 Å². The summed E-state index contributed by atoms with van der Waals surface area (Å²) >= 11 is 4.12. The van der Waals surface area contributed by atoms with E-state index >= 15 is 0 Å². The van der Waals surface area contributed by atoms with Crippen LogP contribution in [-0.4, -0.2) is 17.2 Å². The number of hydrogen-bond acceptors (Lipinski definition) is 3. The van der Waals surface area contributed by atoms with Crippen LogP contribution in [0.3, 0.4) is 0 Å². The number of rotatable bonds is 2. The van der Waals surface area contributed by atoms with Gasteiger partial charge in [-0.2, -0.15) is 0 Å². The van der Waals surface area contributed by atoms with Gasteiger partial charge in [-0.25, -0.2) is 4.99 Å². The lowest BCUT2D eigenvalue weighted by atomic mass is 9.89. The van der Waals surface area contributed by atoms with Gasteiger partial charge in [0.05, 0.1) is 0 Å². The Morgan fingerprint density at radius 1 is 1.33 bits per heavy atom. The second-order valence-electron chi connectivity index (χ2n) is 4.68. The summed E-state index contributed by atoms with van der Waals surface area (Å²) in [7, 11) is 0. The highest BCUT2D eigenvalue weighted by Gasteiger charge is 2.19. The molecule has 1 aromatic rings. The van der Waals surface area contributed by atoms with Crippen molar-refractivity contribution in [1.29, 1.82) is 0 Å². The highest BCUT2D eigenvalue weighted by molar-refractivity contribution is 7.80. The van der Waals surface area contributed by atoms with Gasteiger partial charge >= 0.3 is 0 Å². The molecule has 0 atom stereocenters. The fourth-order valence-electron chi connectivity index (χ4n) is 2.21. The number of benzene rings is 1. The zero-order valence-electron chi connectivity index (χ0n) is 10.2. The topological polar surface area (TPSA) is 49.7 Å². The number of phenols is 1. The Hall–Kier alpha value is -1.29. The smallest absolute Gasteiger partial charge is 0.248 e. The van der Waals surface area contributed by atoms with E-state index in [2.05, 4.69) is 17.6 Å². The molecule has 4 heteroatoms. The van der Waals surface area contributed by atoms with Gasteiger partial charge in [-0.05, 0) is 36.6 Å². The predicted molar refractivity (Wildman–Crippen MR) is 74.5 cm³/mol. The molecule has 0 heterocycles. The van der Waals surface area contributed by atoms with Crippen LogP contribution in [0.1, 0.15) is 37.7 Å². The molecule has 1 aliphatic carbocycles. The number of thiol groups is 1. The number of hydrogen-bond donors (Lipinski definition) is 2. The van der Waals surface area contributed by atoms with Crippen molar-refractivity contribution in [3.63, 3.8) is 0 Å². The zero-order chi connectivity index (χ0) is 13.0. The van der Waals surface area contributed by atoms with E-state index in [1.54, 1.807) is 24.4 Å². The summed E-state index contributed by atoms with van der Waals surface area (Å²) in [5.41, 5.74) is 0.780. The van der Waals surface area contributed by atoms with Crippen LogP contribution < -0.4 is 0 Å². The van der Waals surface area contributed by atoms with E-state index in [1.807, 2.05) is 0 Å². The fraction of sp³-hybridized carbons (Fsp3) is 0.429. The van der Waals surface area contributed by atoms with Crippen molar-refractivity contribution in [2.75, 3.05) is 0 Å². The Kier molecular flexibility index (Phi) is 4.42. The molecule has 0 unspecified atom stereocenters. The molecule has 1 N–H and O–H groups in total. The normalized spacial score (nSPS) is 17.2. The molecule has 0 aromatic heterocycles. The van der Waals surface area contributed by atoms with Gasteiger partial charge in [0.25, 0.3) is 0 Å². The molecule has 0 radical (unpaired) electrons. The summed E-state index contributed by atoms with van der Waals surface area (Å²) in [6.45, 7) is 0. The van der Waals surface area contributed by atoms with Crippen LogP contribution in [0.5, 0.6) is 5.75 Å². The molecular weight excluding hydrogens is 246 g/mol. The molecular formula is C14H17NO2S. The average molecular weight is 263 g/mol. The average Bonchev–Trinajstić information content (AvgIpc) is 2.41. The summed E-state index contributed by atoms with van der Waals surface area (Å²) in [6.07, 6.45) is 6.97. The highest BCUT2D eigenvalue weighted by atomic mass is 32.1. The molecule has 0 spiro atoms. The Labute approximate surface area is 112 Å². The van der Waals surface area contributed by atoms with E-state index in [0.717, 1.165) is 31.2 Å². The van der Waals surface area contributed by atoms with E-state index in [1.165, 1.54) is 6.42 Å². The number of nitrogens with zero attached hydrogens (tertiary/aromatic N) is 1. The van der Waals surface area contributed by atoms with E-state index in [0.29, 0.717) is 4.90 Å². The lowest BCUT2D eigenvalue weighted by Gasteiger charge is -2.17. The number of aliphatic imine (C=N–C) groups is 1. The Morgan fingerprint density at radius 3 is 2.72 bits per heavy atom. The Morgan fingerprint density at radius 2 is 2.06 bits per heavy atom. The predicted octanol–water partition coefficient (Wildman–Crippen LogP) is 3.21. The van der Waals surface area contributed by atoms with Gasteiger partial charge in [0.1, 0.15) is 5.75 Å². The van der Waals surface area contributed by atoms with Crippen molar-refractivity contribution in [2.24, 2.45) is 10.9 Å². The number of aromatic hydroxyl groups is 1. The third-order valence-electron chi connectivity index (χ3n) is 3.29. The second kappa shape index (κ2) is 6.05. The Balaban J connectivity index is 2.01. The fourth-order valence-corrected chi connectivity index (χ4v) is 2.44. The van der Waals surface area contributed by atoms with E-state index in [9.17, 15) is 9.90 Å². The maximum Gasteiger partial charge on any atom is 0.248 e.